The zero-order chi connectivity index (χ0) is 13.5. The van der Waals surface area contributed by atoms with Crippen molar-refractivity contribution < 1.29 is 0 Å². The summed E-state index contributed by atoms with van der Waals surface area (Å²) in [5, 5.41) is 2.69. The van der Waals surface area contributed by atoms with Crippen molar-refractivity contribution >= 4 is 10.8 Å². The molecule has 0 atom stereocenters. The molecule has 0 saturated heterocycles. The summed E-state index contributed by atoms with van der Waals surface area (Å²) < 4.78 is 2.27. The van der Waals surface area contributed by atoms with Crippen LogP contribution in [0.3, 0.4) is 0 Å². The van der Waals surface area contributed by atoms with Crippen LogP contribution in [0, 0.1) is 0 Å². The molecule has 0 N–H and O–H groups in total. The molecule has 0 saturated carbocycles. The molecule has 0 amide bonds. The summed E-state index contributed by atoms with van der Waals surface area (Å²) in [7, 11) is 2.20. The summed E-state index contributed by atoms with van der Waals surface area (Å²) >= 11 is 0. The molecule has 2 heteroatoms. The van der Waals surface area contributed by atoms with E-state index in [4.69, 9.17) is 0 Å². The summed E-state index contributed by atoms with van der Waals surface area (Å²) in [5.74, 6) is 0. The van der Waals surface area contributed by atoms with Crippen molar-refractivity contribution in [2.75, 3.05) is 13.6 Å². The highest BCUT2D eigenvalue weighted by Gasteiger charge is 2.19. The zero-order valence-electron chi connectivity index (χ0n) is 11.7. The summed E-state index contributed by atoms with van der Waals surface area (Å²) in [6, 6.07) is 15.3. The molecule has 0 spiro atoms. The molecule has 4 rings (SSSR count). The number of hydrogen-bond acceptors (Lipinski definition) is 1. The minimum absolute atomic E-state index is 1.05. The van der Waals surface area contributed by atoms with E-state index in [9.17, 15) is 0 Å². The van der Waals surface area contributed by atoms with Gasteiger partial charge in [-0.25, -0.2) is 0 Å². The number of fused-ring (bicyclic) bond motifs is 2. The minimum Gasteiger partial charge on any atom is -0.323 e. The highest BCUT2D eigenvalue weighted by molar-refractivity contribution is 5.92. The van der Waals surface area contributed by atoms with E-state index < -0.39 is 0 Å². The maximum absolute atomic E-state index is 2.40. The van der Waals surface area contributed by atoms with E-state index in [1.165, 1.54) is 27.6 Å². The third-order valence-corrected chi connectivity index (χ3v) is 4.27. The van der Waals surface area contributed by atoms with E-state index in [2.05, 4.69) is 71.4 Å². The van der Waals surface area contributed by atoms with Crippen LogP contribution in [-0.2, 0) is 13.0 Å². The van der Waals surface area contributed by atoms with Crippen LogP contribution in [0.1, 0.15) is 11.1 Å². The van der Waals surface area contributed by atoms with Crippen LogP contribution >= 0.6 is 0 Å². The van der Waals surface area contributed by atoms with Crippen LogP contribution in [0.15, 0.2) is 54.9 Å². The smallest absolute Gasteiger partial charge is 0.0563 e. The Hall–Kier alpha value is -2.06. The average molecular weight is 262 g/mol. The number of nitrogens with zero attached hydrogens (tertiary/aromatic N) is 2. The largest absolute Gasteiger partial charge is 0.323 e. The van der Waals surface area contributed by atoms with Crippen molar-refractivity contribution in [3.05, 3.63) is 66.0 Å². The Balaban J connectivity index is 2.08. The van der Waals surface area contributed by atoms with Crippen LogP contribution in [-0.4, -0.2) is 23.1 Å². The lowest BCUT2D eigenvalue weighted by molar-refractivity contribution is 0.313. The Bertz CT molecular complexity index is 756. The van der Waals surface area contributed by atoms with Gasteiger partial charge in [-0.15, -0.1) is 0 Å². The van der Waals surface area contributed by atoms with Gasteiger partial charge in [-0.3, -0.25) is 0 Å². The van der Waals surface area contributed by atoms with E-state index in [-0.39, 0.29) is 0 Å². The number of aromatic nitrogens is 1. The third kappa shape index (κ3) is 1.76. The van der Waals surface area contributed by atoms with Gasteiger partial charge in [0.25, 0.3) is 0 Å². The topological polar surface area (TPSA) is 8.17 Å². The van der Waals surface area contributed by atoms with Crippen molar-refractivity contribution in [2.45, 2.75) is 13.0 Å². The molecular weight excluding hydrogens is 244 g/mol. The Kier molecular flexibility index (Phi) is 2.64. The van der Waals surface area contributed by atoms with E-state index in [1.807, 2.05) is 0 Å². The molecule has 0 aliphatic carbocycles. The van der Waals surface area contributed by atoms with Gasteiger partial charge >= 0.3 is 0 Å². The Morgan fingerprint density at radius 1 is 1.00 bits per heavy atom. The van der Waals surface area contributed by atoms with Crippen molar-refractivity contribution in [1.29, 1.82) is 0 Å². The Morgan fingerprint density at radius 2 is 1.80 bits per heavy atom. The highest BCUT2D eigenvalue weighted by atomic mass is 15.1. The molecule has 0 bridgehead atoms. The first-order chi connectivity index (χ1) is 9.83. The van der Waals surface area contributed by atoms with E-state index in [1.54, 1.807) is 0 Å². The van der Waals surface area contributed by atoms with E-state index in [0.29, 0.717) is 0 Å². The van der Waals surface area contributed by atoms with Crippen LogP contribution in [0.2, 0.25) is 0 Å². The number of rotatable bonds is 1. The summed E-state index contributed by atoms with van der Waals surface area (Å²) in [5.41, 5.74) is 4.36. The van der Waals surface area contributed by atoms with Crippen LogP contribution in [0.4, 0.5) is 0 Å². The molecule has 2 nitrogen and oxygen atoms in total. The monoisotopic (exact) mass is 262 g/mol. The fraction of sp³-hybridized carbons (Fsp3) is 0.222. The van der Waals surface area contributed by atoms with Gasteiger partial charge in [0.05, 0.1) is 5.69 Å². The van der Waals surface area contributed by atoms with Gasteiger partial charge in [0, 0.05) is 30.9 Å². The molecule has 3 aromatic rings. The van der Waals surface area contributed by atoms with Gasteiger partial charge in [0.2, 0.25) is 0 Å². The maximum Gasteiger partial charge on any atom is 0.0563 e. The minimum atomic E-state index is 1.05. The number of likely N-dealkylation sites (N-methyl/N-ethyl adjacent to an activating group) is 1. The van der Waals surface area contributed by atoms with Gasteiger partial charge in [-0.05, 0) is 48.2 Å². The second kappa shape index (κ2) is 4.50. The molecule has 1 aliphatic heterocycles. The zero-order valence-corrected chi connectivity index (χ0v) is 11.7. The first-order valence-corrected chi connectivity index (χ1v) is 7.18. The molecule has 1 aliphatic rings. The second-order valence-electron chi connectivity index (χ2n) is 5.66. The van der Waals surface area contributed by atoms with Gasteiger partial charge in [-0.1, -0.05) is 24.3 Å². The molecule has 1 aromatic heterocycles. The lowest BCUT2D eigenvalue weighted by Crippen LogP contribution is -2.27. The van der Waals surface area contributed by atoms with Crippen LogP contribution in [0.25, 0.3) is 16.5 Å². The quantitative estimate of drug-likeness (QED) is 0.650. The van der Waals surface area contributed by atoms with Crippen molar-refractivity contribution in [1.82, 2.24) is 9.47 Å². The predicted octanol–water partition coefficient (Wildman–Crippen LogP) is 3.62. The van der Waals surface area contributed by atoms with Crippen LogP contribution in [0.5, 0.6) is 0 Å². The number of hydrogen-bond donors (Lipinski definition) is 0. The molecule has 100 valence electrons. The Morgan fingerprint density at radius 3 is 2.65 bits per heavy atom. The fourth-order valence-electron chi connectivity index (χ4n) is 3.30. The molecule has 20 heavy (non-hydrogen) atoms. The first-order valence-electron chi connectivity index (χ1n) is 7.18. The van der Waals surface area contributed by atoms with Gasteiger partial charge in [0.15, 0.2) is 0 Å². The third-order valence-electron chi connectivity index (χ3n) is 4.27. The molecular formula is C18H18N2. The van der Waals surface area contributed by atoms with Gasteiger partial charge < -0.3 is 9.47 Å². The molecule has 2 heterocycles. The summed E-state index contributed by atoms with van der Waals surface area (Å²) in [4.78, 5) is 2.40. The molecule has 0 unspecified atom stereocenters. The predicted molar refractivity (Wildman–Crippen MR) is 83.3 cm³/mol. The normalized spacial score (nSPS) is 15.4. The molecule has 2 aromatic carbocycles. The Labute approximate surface area is 119 Å². The SMILES string of the molecule is CN1CCc2c(cc3ccccc3c2-n2cccc2)C1. The lowest BCUT2D eigenvalue weighted by atomic mass is 9.93. The molecule has 0 fully saturated rings. The molecule has 0 radical (unpaired) electrons. The van der Waals surface area contributed by atoms with Crippen molar-refractivity contribution in [3.8, 4) is 5.69 Å². The summed E-state index contributed by atoms with van der Waals surface area (Å²) in [6.07, 6.45) is 5.44. The maximum atomic E-state index is 2.40. The first kappa shape index (κ1) is 11.7. The van der Waals surface area contributed by atoms with Gasteiger partial charge in [0.1, 0.15) is 0 Å². The second-order valence-corrected chi connectivity index (χ2v) is 5.66. The van der Waals surface area contributed by atoms with Gasteiger partial charge in [-0.2, -0.15) is 0 Å². The highest BCUT2D eigenvalue weighted by Crippen LogP contribution is 2.32. The average Bonchev–Trinajstić information content (AvgIpc) is 2.98. The van der Waals surface area contributed by atoms with E-state index >= 15 is 0 Å². The fourth-order valence-corrected chi connectivity index (χ4v) is 3.30. The van der Waals surface area contributed by atoms with Crippen molar-refractivity contribution in [3.63, 3.8) is 0 Å². The van der Waals surface area contributed by atoms with Crippen LogP contribution < -0.4 is 0 Å². The van der Waals surface area contributed by atoms with Crippen molar-refractivity contribution in [2.24, 2.45) is 0 Å². The number of benzene rings is 2. The summed E-state index contributed by atoms with van der Waals surface area (Å²) in [6.45, 7) is 2.19. The van der Waals surface area contributed by atoms with E-state index in [0.717, 1.165) is 19.5 Å². The lowest BCUT2D eigenvalue weighted by Gasteiger charge is -2.28. The standard InChI is InChI=1S/C18H18N2/c1-19-11-8-17-15(13-19)12-14-6-2-3-7-16(14)18(17)20-9-4-5-10-20/h2-7,9-10,12H,8,11,13H2,1H3.